The molecule has 0 saturated heterocycles. The van der Waals surface area contributed by atoms with Gasteiger partial charge in [-0.05, 0) is 26.8 Å². The van der Waals surface area contributed by atoms with Crippen LogP contribution in [-0.2, 0) is 11.3 Å². The number of aromatic nitrogens is 3. The summed E-state index contributed by atoms with van der Waals surface area (Å²) in [5.74, 6) is 0.868. The summed E-state index contributed by atoms with van der Waals surface area (Å²) in [6.07, 6.45) is 3.77. The summed E-state index contributed by atoms with van der Waals surface area (Å²) in [6, 6.07) is 1.96. The topological polar surface area (TPSA) is 39.9 Å². The Bertz CT molecular complexity index is 522. The number of hydrogen-bond acceptors (Lipinski definition) is 3. The summed E-state index contributed by atoms with van der Waals surface area (Å²) in [7, 11) is 0. The maximum atomic E-state index is 6.18. The van der Waals surface area contributed by atoms with Crippen molar-refractivity contribution < 1.29 is 4.74 Å². The van der Waals surface area contributed by atoms with Crippen molar-refractivity contribution in [3.8, 4) is 0 Å². The Morgan fingerprint density at radius 2 is 2.17 bits per heavy atom. The van der Waals surface area contributed by atoms with Gasteiger partial charge in [-0.3, -0.25) is 4.98 Å². The molecule has 2 aromatic heterocycles. The highest BCUT2D eigenvalue weighted by atomic mass is 35.5. The maximum absolute atomic E-state index is 6.18. The van der Waals surface area contributed by atoms with Crippen molar-refractivity contribution in [3.63, 3.8) is 0 Å². The molecule has 2 rings (SSSR count). The molecule has 0 fully saturated rings. The third-order valence-electron chi connectivity index (χ3n) is 2.70. The molecule has 0 N–H and O–H groups in total. The Morgan fingerprint density at radius 1 is 1.39 bits per heavy atom. The van der Waals surface area contributed by atoms with E-state index in [1.54, 1.807) is 12.4 Å². The summed E-state index contributed by atoms with van der Waals surface area (Å²) < 4.78 is 7.70. The largest absolute Gasteiger partial charge is 0.377 e. The van der Waals surface area contributed by atoms with Gasteiger partial charge in [-0.1, -0.05) is 0 Å². The number of nitrogens with zero attached hydrogens (tertiary/aromatic N) is 3. The van der Waals surface area contributed by atoms with E-state index in [2.05, 4.69) is 14.5 Å². The zero-order chi connectivity index (χ0) is 13.1. The molecule has 2 heterocycles. The second kappa shape index (κ2) is 5.67. The van der Waals surface area contributed by atoms with Gasteiger partial charge in [-0.15, -0.1) is 11.6 Å². The highest BCUT2D eigenvalue weighted by molar-refractivity contribution is 6.20. The summed E-state index contributed by atoms with van der Waals surface area (Å²) in [5, 5.41) is -0.128. The molecule has 0 spiro atoms. The lowest BCUT2D eigenvalue weighted by Crippen LogP contribution is -2.13. The second-order valence-corrected chi connectivity index (χ2v) is 5.18. The number of hydrogen-bond donors (Lipinski definition) is 0. The minimum atomic E-state index is -0.128. The molecule has 5 heteroatoms. The summed E-state index contributed by atoms with van der Waals surface area (Å²) in [4.78, 5) is 8.61. The lowest BCUT2D eigenvalue weighted by Gasteiger charge is -2.12. The molecule has 0 aliphatic rings. The maximum Gasteiger partial charge on any atom is 0.127 e. The van der Waals surface area contributed by atoms with E-state index in [4.69, 9.17) is 16.3 Å². The minimum Gasteiger partial charge on any atom is -0.377 e. The van der Waals surface area contributed by atoms with Gasteiger partial charge in [0, 0.05) is 12.7 Å². The van der Waals surface area contributed by atoms with E-state index in [0.29, 0.717) is 6.61 Å². The van der Waals surface area contributed by atoms with Crippen LogP contribution in [0.25, 0.3) is 11.0 Å². The van der Waals surface area contributed by atoms with Gasteiger partial charge in [0.05, 0.1) is 29.8 Å². The van der Waals surface area contributed by atoms with Crippen LogP contribution in [0.1, 0.15) is 32.0 Å². The van der Waals surface area contributed by atoms with Crippen LogP contribution in [0.15, 0.2) is 18.5 Å². The Morgan fingerprint density at radius 3 is 2.83 bits per heavy atom. The van der Waals surface area contributed by atoms with Gasteiger partial charge in [0.2, 0.25) is 0 Å². The predicted molar refractivity (Wildman–Crippen MR) is 72.9 cm³/mol. The highest BCUT2D eigenvalue weighted by Gasteiger charge is 2.14. The molecule has 0 bridgehead atoms. The summed E-state index contributed by atoms with van der Waals surface area (Å²) in [6.45, 7) is 7.39. The van der Waals surface area contributed by atoms with Crippen molar-refractivity contribution in [2.24, 2.45) is 0 Å². The number of fused-ring (bicyclic) bond motifs is 1. The first-order valence-electron chi connectivity index (χ1n) is 6.15. The van der Waals surface area contributed by atoms with Gasteiger partial charge in [-0.2, -0.15) is 0 Å². The van der Waals surface area contributed by atoms with Crippen LogP contribution in [0.2, 0.25) is 0 Å². The fraction of sp³-hybridized carbons (Fsp3) is 0.538. The number of alkyl halides is 1. The molecule has 0 aromatic carbocycles. The SMILES string of the molecule is CC(C)OCCn1c(C(C)Cl)nc2cnccc21. The molecule has 98 valence electrons. The molecule has 1 unspecified atom stereocenters. The first-order valence-corrected chi connectivity index (χ1v) is 6.59. The van der Waals surface area contributed by atoms with Crippen LogP contribution < -0.4 is 0 Å². The Labute approximate surface area is 112 Å². The van der Waals surface area contributed by atoms with E-state index >= 15 is 0 Å². The van der Waals surface area contributed by atoms with Crippen LogP contribution in [0, 0.1) is 0 Å². The summed E-state index contributed by atoms with van der Waals surface area (Å²) in [5.41, 5.74) is 1.93. The molecule has 1 atom stereocenters. The number of ether oxygens (including phenoxy) is 1. The molecule has 0 amide bonds. The fourth-order valence-corrected chi connectivity index (χ4v) is 2.09. The Kier molecular flexibility index (Phi) is 4.19. The zero-order valence-corrected chi connectivity index (χ0v) is 11.7. The van der Waals surface area contributed by atoms with Crippen LogP contribution in [0.3, 0.4) is 0 Å². The van der Waals surface area contributed by atoms with Gasteiger partial charge < -0.3 is 9.30 Å². The van der Waals surface area contributed by atoms with Crippen LogP contribution >= 0.6 is 11.6 Å². The smallest absolute Gasteiger partial charge is 0.127 e. The molecule has 0 radical (unpaired) electrons. The van der Waals surface area contributed by atoms with E-state index in [9.17, 15) is 0 Å². The van der Waals surface area contributed by atoms with E-state index in [1.807, 2.05) is 26.8 Å². The lowest BCUT2D eigenvalue weighted by atomic mass is 10.4. The van der Waals surface area contributed by atoms with Crippen molar-refractivity contribution in [2.45, 2.75) is 38.8 Å². The third kappa shape index (κ3) is 2.82. The fourth-order valence-electron chi connectivity index (χ4n) is 1.92. The van der Waals surface area contributed by atoms with Crippen molar-refractivity contribution in [1.29, 1.82) is 0 Å². The second-order valence-electron chi connectivity index (χ2n) is 4.52. The van der Waals surface area contributed by atoms with Gasteiger partial charge in [0.15, 0.2) is 0 Å². The average molecular weight is 268 g/mol. The highest BCUT2D eigenvalue weighted by Crippen LogP contribution is 2.23. The van der Waals surface area contributed by atoms with Gasteiger partial charge in [-0.25, -0.2) is 4.98 Å². The number of rotatable bonds is 5. The van der Waals surface area contributed by atoms with Crippen molar-refractivity contribution in [2.75, 3.05) is 6.61 Å². The van der Waals surface area contributed by atoms with Gasteiger partial charge in [0.1, 0.15) is 11.3 Å². The van der Waals surface area contributed by atoms with E-state index in [0.717, 1.165) is 23.4 Å². The van der Waals surface area contributed by atoms with E-state index in [-0.39, 0.29) is 11.5 Å². The van der Waals surface area contributed by atoms with Crippen LogP contribution in [-0.4, -0.2) is 27.2 Å². The number of imidazole rings is 1. The number of halogens is 1. The average Bonchev–Trinajstić information content (AvgIpc) is 2.68. The normalized spacial score (nSPS) is 13.4. The van der Waals surface area contributed by atoms with Gasteiger partial charge >= 0.3 is 0 Å². The molecular weight excluding hydrogens is 250 g/mol. The van der Waals surface area contributed by atoms with Gasteiger partial charge in [0.25, 0.3) is 0 Å². The van der Waals surface area contributed by atoms with Crippen molar-refractivity contribution in [1.82, 2.24) is 14.5 Å². The lowest BCUT2D eigenvalue weighted by molar-refractivity contribution is 0.0729. The molecule has 0 aliphatic heterocycles. The van der Waals surface area contributed by atoms with Crippen LogP contribution in [0.5, 0.6) is 0 Å². The Balaban J connectivity index is 2.30. The Hall–Kier alpha value is -1.13. The first-order chi connectivity index (χ1) is 8.59. The molecule has 18 heavy (non-hydrogen) atoms. The van der Waals surface area contributed by atoms with E-state index < -0.39 is 0 Å². The monoisotopic (exact) mass is 267 g/mol. The number of pyridine rings is 1. The standard InChI is InChI=1S/C13H18ClN3O/c1-9(2)18-7-6-17-12-4-5-15-8-11(12)16-13(17)10(3)14/h4-5,8-10H,6-7H2,1-3H3. The first kappa shape index (κ1) is 13.3. The van der Waals surface area contributed by atoms with Crippen molar-refractivity contribution >= 4 is 22.6 Å². The molecule has 0 saturated carbocycles. The predicted octanol–water partition coefficient (Wildman–Crippen LogP) is 3.16. The summed E-state index contributed by atoms with van der Waals surface area (Å²) >= 11 is 6.18. The third-order valence-corrected chi connectivity index (χ3v) is 2.90. The molecular formula is C13H18ClN3O. The van der Waals surface area contributed by atoms with Crippen molar-refractivity contribution in [3.05, 3.63) is 24.3 Å². The quantitative estimate of drug-likeness (QED) is 0.782. The van der Waals surface area contributed by atoms with E-state index in [1.165, 1.54) is 0 Å². The molecule has 2 aromatic rings. The molecule has 4 nitrogen and oxygen atoms in total. The molecule has 0 aliphatic carbocycles. The minimum absolute atomic E-state index is 0.128. The van der Waals surface area contributed by atoms with Crippen LogP contribution in [0.4, 0.5) is 0 Å². The zero-order valence-electron chi connectivity index (χ0n) is 10.9.